The standard InChI is InChI=1S/C17H27NO3/c1-11(2)13-6-5-12(3)9-15(13)21-16-10-14(18)17(16)20-8-7-19-4/h5-6,9,11,14,16-17H,7-8,10,18H2,1-4H3. The van der Waals surface area contributed by atoms with Gasteiger partial charge in [0.2, 0.25) is 0 Å². The summed E-state index contributed by atoms with van der Waals surface area (Å²) in [6.45, 7) is 7.57. The first-order chi connectivity index (χ1) is 10.0. The summed E-state index contributed by atoms with van der Waals surface area (Å²) in [5.74, 6) is 1.39. The molecule has 1 aliphatic rings. The van der Waals surface area contributed by atoms with E-state index in [9.17, 15) is 0 Å². The summed E-state index contributed by atoms with van der Waals surface area (Å²) in [7, 11) is 1.67. The van der Waals surface area contributed by atoms with Gasteiger partial charge >= 0.3 is 0 Å². The Labute approximate surface area is 127 Å². The molecule has 1 aromatic carbocycles. The van der Waals surface area contributed by atoms with Gasteiger partial charge in [-0.15, -0.1) is 0 Å². The predicted molar refractivity (Wildman–Crippen MR) is 83.9 cm³/mol. The molecule has 0 radical (unpaired) electrons. The largest absolute Gasteiger partial charge is 0.487 e. The topological polar surface area (TPSA) is 53.7 Å². The molecule has 0 saturated heterocycles. The van der Waals surface area contributed by atoms with E-state index in [-0.39, 0.29) is 18.2 Å². The van der Waals surface area contributed by atoms with Gasteiger partial charge in [0.15, 0.2) is 0 Å². The molecule has 21 heavy (non-hydrogen) atoms. The normalized spacial score (nSPS) is 25.0. The molecule has 0 spiro atoms. The van der Waals surface area contributed by atoms with Crippen LogP contribution in [0, 0.1) is 6.92 Å². The summed E-state index contributed by atoms with van der Waals surface area (Å²) in [5.41, 5.74) is 8.47. The Morgan fingerprint density at radius 2 is 2.05 bits per heavy atom. The van der Waals surface area contributed by atoms with E-state index in [1.807, 2.05) is 0 Å². The molecule has 2 N–H and O–H groups in total. The lowest BCUT2D eigenvalue weighted by Gasteiger charge is -2.42. The maximum absolute atomic E-state index is 6.19. The van der Waals surface area contributed by atoms with Crippen LogP contribution in [-0.4, -0.2) is 38.6 Å². The predicted octanol–water partition coefficient (Wildman–Crippen LogP) is 2.63. The fourth-order valence-corrected chi connectivity index (χ4v) is 2.61. The average molecular weight is 293 g/mol. The number of hydrogen-bond donors (Lipinski definition) is 1. The molecular weight excluding hydrogens is 266 g/mol. The van der Waals surface area contributed by atoms with E-state index >= 15 is 0 Å². The number of benzene rings is 1. The van der Waals surface area contributed by atoms with Crippen LogP contribution in [0.2, 0.25) is 0 Å². The van der Waals surface area contributed by atoms with Gasteiger partial charge in [-0.2, -0.15) is 0 Å². The highest BCUT2D eigenvalue weighted by Crippen LogP contribution is 2.33. The van der Waals surface area contributed by atoms with E-state index < -0.39 is 0 Å². The Hall–Kier alpha value is -1.10. The van der Waals surface area contributed by atoms with Gasteiger partial charge in [-0.05, 0) is 30.0 Å². The second-order valence-corrected chi connectivity index (χ2v) is 6.08. The van der Waals surface area contributed by atoms with Crippen molar-refractivity contribution < 1.29 is 14.2 Å². The summed E-state index contributed by atoms with van der Waals surface area (Å²) >= 11 is 0. The molecule has 3 unspecified atom stereocenters. The smallest absolute Gasteiger partial charge is 0.128 e. The van der Waals surface area contributed by atoms with Crippen LogP contribution in [-0.2, 0) is 9.47 Å². The number of hydrogen-bond acceptors (Lipinski definition) is 4. The van der Waals surface area contributed by atoms with E-state index in [2.05, 4.69) is 39.0 Å². The third kappa shape index (κ3) is 3.96. The molecule has 0 bridgehead atoms. The van der Waals surface area contributed by atoms with Gasteiger partial charge in [0.05, 0.1) is 13.2 Å². The van der Waals surface area contributed by atoms with E-state index in [1.54, 1.807) is 7.11 Å². The number of rotatable bonds is 7. The molecule has 1 aromatic rings. The Kier molecular flexibility index (Phi) is 5.62. The Morgan fingerprint density at radius 1 is 1.29 bits per heavy atom. The monoisotopic (exact) mass is 293 g/mol. The molecule has 1 fully saturated rings. The highest BCUT2D eigenvalue weighted by atomic mass is 16.6. The second-order valence-electron chi connectivity index (χ2n) is 6.08. The zero-order valence-electron chi connectivity index (χ0n) is 13.5. The van der Waals surface area contributed by atoms with Crippen LogP contribution in [0.3, 0.4) is 0 Å². The zero-order valence-corrected chi connectivity index (χ0v) is 13.5. The number of aryl methyl sites for hydroxylation is 1. The van der Waals surface area contributed by atoms with Crippen molar-refractivity contribution in [2.24, 2.45) is 5.73 Å². The molecule has 0 heterocycles. The third-order valence-electron chi connectivity index (χ3n) is 3.96. The zero-order chi connectivity index (χ0) is 15.4. The lowest BCUT2D eigenvalue weighted by molar-refractivity contribution is -0.107. The van der Waals surface area contributed by atoms with Gasteiger partial charge in [-0.25, -0.2) is 0 Å². The van der Waals surface area contributed by atoms with Crippen LogP contribution in [0.1, 0.15) is 37.3 Å². The first-order valence-electron chi connectivity index (χ1n) is 7.66. The summed E-state index contributed by atoms with van der Waals surface area (Å²) in [6, 6.07) is 6.43. The molecule has 0 aromatic heterocycles. The quantitative estimate of drug-likeness (QED) is 0.785. The fraction of sp³-hybridized carbons (Fsp3) is 0.647. The van der Waals surface area contributed by atoms with Crippen LogP contribution < -0.4 is 10.5 Å². The van der Waals surface area contributed by atoms with Crippen molar-refractivity contribution in [1.82, 2.24) is 0 Å². The van der Waals surface area contributed by atoms with Crippen molar-refractivity contribution in [2.45, 2.75) is 51.4 Å². The minimum atomic E-state index is -0.0410. The van der Waals surface area contributed by atoms with Crippen LogP contribution in [0.15, 0.2) is 18.2 Å². The van der Waals surface area contributed by atoms with Crippen LogP contribution in [0.25, 0.3) is 0 Å². The van der Waals surface area contributed by atoms with Crippen molar-refractivity contribution in [2.75, 3.05) is 20.3 Å². The second kappa shape index (κ2) is 7.25. The highest BCUT2D eigenvalue weighted by Gasteiger charge is 2.41. The minimum Gasteiger partial charge on any atom is -0.487 e. The fourth-order valence-electron chi connectivity index (χ4n) is 2.61. The maximum atomic E-state index is 6.19. The molecular formula is C17H27NO3. The lowest BCUT2D eigenvalue weighted by Crippen LogP contribution is -2.59. The average Bonchev–Trinajstić information content (AvgIpc) is 2.43. The lowest BCUT2D eigenvalue weighted by atomic mass is 9.86. The van der Waals surface area contributed by atoms with E-state index in [0.717, 1.165) is 12.2 Å². The van der Waals surface area contributed by atoms with Gasteiger partial charge in [-0.3, -0.25) is 0 Å². The van der Waals surface area contributed by atoms with Crippen molar-refractivity contribution in [3.8, 4) is 5.75 Å². The summed E-state index contributed by atoms with van der Waals surface area (Å²) < 4.78 is 17.0. The Balaban J connectivity index is 2.02. The number of ether oxygens (including phenoxy) is 3. The molecule has 3 atom stereocenters. The van der Waals surface area contributed by atoms with E-state index in [1.165, 1.54) is 11.1 Å². The maximum Gasteiger partial charge on any atom is 0.128 e. The molecule has 1 saturated carbocycles. The van der Waals surface area contributed by atoms with Gasteiger partial charge in [0.1, 0.15) is 18.0 Å². The van der Waals surface area contributed by atoms with Gasteiger partial charge in [-0.1, -0.05) is 26.0 Å². The van der Waals surface area contributed by atoms with Crippen LogP contribution >= 0.6 is 0 Å². The molecule has 0 aliphatic heterocycles. The van der Waals surface area contributed by atoms with Crippen LogP contribution in [0.5, 0.6) is 5.75 Å². The van der Waals surface area contributed by atoms with Crippen molar-refractivity contribution in [3.05, 3.63) is 29.3 Å². The summed E-state index contributed by atoms with van der Waals surface area (Å²) in [6.07, 6.45) is 0.833. The summed E-state index contributed by atoms with van der Waals surface area (Å²) in [4.78, 5) is 0. The number of nitrogens with two attached hydrogens (primary N) is 1. The number of methoxy groups -OCH3 is 1. The third-order valence-corrected chi connectivity index (χ3v) is 3.96. The Bertz CT molecular complexity index is 461. The molecule has 118 valence electrons. The summed E-state index contributed by atoms with van der Waals surface area (Å²) in [5, 5.41) is 0. The van der Waals surface area contributed by atoms with Gasteiger partial charge < -0.3 is 19.9 Å². The van der Waals surface area contributed by atoms with E-state index in [0.29, 0.717) is 19.1 Å². The first kappa shape index (κ1) is 16.3. The molecule has 4 nitrogen and oxygen atoms in total. The van der Waals surface area contributed by atoms with Crippen molar-refractivity contribution in [3.63, 3.8) is 0 Å². The van der Waals surface area contributed by atoms with Gasteiger partial charge in [0.25, 0.3) is 0 Å². The Morgan fingerprint density at radius 3 is 2.67 bits per heavy atom. The van der Waals surface area contributed by atoms with E-state index in [4.69, 9.17) is 19.9 Å². The highest BCUT2D eigenvalue weighted by molar-refractivity contribution is 5.39. The van der Waals surface area contributed by atoms with Gasteiger partial charge in [0, 0.05) is 19.6 Å². The molecule has 1 aliphatic carbocycles. The molecule has 2 rings (SSSR count). The minimum absolute atomic E-state index is 0.0381. The first-order valence-corrected chi connectivity index (χ1v) is 7.66. The van der Waals surface area contributed by atoms with Crippen LogP contribution in [0.4, 0.5) is 0 Å². The SMILES string of the molecule is COCCOC1C(N)CC1Oc1cc(C)ccc1C(C)C. The molecule has 4 heteroatoms. The van der Waals surface area contributed by atoms with Crippen molar-refractivity contribution in [1.29, 1.82) is 0 Å². The van der Waals surface area contributed by atoms with Crippen molar-refractivity contribution >= 4 is 0 Å². The molecule has 0 amide bonds.